The van der Waals surface area contributed by atoms with Crippen molar-refractivity contribution in [1.29, 1.82) is 0 Å². The third-order valence-electron chi connectivity index (χ3n) is 2.43. The summed E-state index contributed by atoms with van der Waals surface area (Å²) >= 11 is 0. The van der Waals surface area contributed by atoms with Crippen molar-refractivity contribution in [2.75, 3.05) is 6.61 Å². The van der Waals surface area contributed by atoms with Gasteiger partial charge in [-0.1, -0.05) is 30.4 Å². The van der Waals surface area contributed by atoms with Gasteiger partial charge in [-0.15, -0.1) is 0 Å². The van der Waals surface area contributed by atoms with E-state index in [1.54, 1.807) is 13.0 Å². The van der Waals surface area contributed by atoms with Crippen LogP contribution < -0.4 is 0 Å². The second kappa shape index (κ2) is 13.1. The maximum absolute atomic E-state index is 11.0. The number of hydrogen-bond donors (Lipinski definition) is 1. The molecule has 0 aliphatic heterocycles. The van der Waals surface area contributed by atoms with Gasteiger partial charge in [0.15, 0.2) is 0 Å². The van der Waals surface area contributed by atoms with Gasteiger partial charge in [-0.3, -0.25) is 0 Å². The highest BCUT2D eigenvalue weighted by molar-refractivity contribution is 5.82. The molecule has 19 heavy (non-hydrogen) atoms. The first kappa shape index (κ1) is 17.6. The highest BCUT2D eigenvalue weighted by Gasteiger charge is 1.91. The number of carbonyl (C=O) groups excluding carboxylic acids is 1. The van der Waals surface area contributed by atoms with Crippen molar-refractivity contribution < 1.29 is 14.6 Å². The largest absolute Gasteiger partial charge is 0.463 e. The molecular formula is C16H26O3. The number of aliphatic hydroxyl groups excluding tert-OH is 1. The highest BCUT2D eigenvalue weighted by Crippen LogP contribution is 2.01. The topological polar surface area (TPSA) is 46.5 Å². The Balaban J connectivity index is 3.46. The molecule has 0 aromatic rings. The van der Waals surface area contributed by atoms with E-state index in [2.05, 4.69) is 12.2 Å². The summed E-state index contributed by atoms with van der Waals surface area (Å²) in [6.07, 6.45) is 16.0. The van der Waals surface area contributed by atoms with Crippen LogP contribution in [0.25, 0.3) is 0 Å². The summed E-state index contributed by atoms with van der Waals surface area (Å²) < 4.78 is 4.75. The molecule has 0 heterocycles. The first-order valence-electron chi connectivity index (χ1n) is 6.99. The molecule has 0 aliphatic rings. The average Bonchev–Trinajstić information content (AvgIpc) is 2.36. The average molecular weight is 266 g/mol. The van der Waals surface area contributed by atoms with Crippen LogP contribution in [0.2, 0.25) is 0 Å². The van der Waals surface area contributed by atoms with Crippen molar-refractivity contribution in [2.45, 2.75) is 52.1 Å². The smallest absolute Gasteiger partial charge is 0.330 e. The zero-order chi connectivity index (χ0) is 14.3. The Morgan fingerprint density at radius 3 is 2.53 bits per heavy atom. The Labute approximate surface area is 116 Å². The number of esters is 1. The molecule has 0 rings (SSSR count). The van der Waals surface area contributed by atoms with Crippen molar-refractivity contribution in [3.63, 3.8) is 0 Å². The van der Waals surface area contributed by atoms with Crippen LogP contribution in [0, 0.1) is 0 Å². The fourth-order valence-corrected chi connectivity index (χ4v) is 1.43. The van der Waals surface area contributed by atoms with E-state index in [1.807, 2.05) is 19.1 Å². The molecule has 1 N–H and O–H groups in total. The Morgan fingerprint density at radius 2 is 1.84 bits per heavy atom. The lowest BCUT2D eigenvalue weighted by Crippen LogP contribution is -1.98. The summed E-state index contributed by atoms with van der Waals surface area (Å²) in [5.41, 5.74) is 0. The van der Waals surface area contributed by atoms with Gasteiger partial charge in [0.25, 0.3) is 0 Å². The van der Waals surface area contributed by atoms with Crippen LogP contribution in [0.1, 0.15) is 46.0 Å². The second-order valence-electron chi connectivity index (χ2n) is 4.37. The van der Waals surface area contributed by atoms with Crippen molar-refractivity contribution in [3.05, 3.63) is 36.5 Å². The standard InChI is InChI=1S/C16H26O3/c1-3-19-16(18)14-12-10-8-6-4-5-7-9-11-13-15(2)17/h7-10,12,14-15,17H,3-6,11,13H2,1-2H3/t15-/m0/s1. The number of ether oxygens (including phenoxy) is 1. The number of carbonyl (C=O) groups is 1. The highest BCUT2D eigenvalue weighted by atomic mass is 16.5. The summed E-state index contributed by atoms with van der Waals surface area (Å²) in [6, 6.07) is 0. The van der Waals surface area contributed by atoms with Crippen LogP contribution in [-0.2, 0) is 9.53 Å². The molecule has 0 saturated heterocycles. The van der Waals surface area contributed by atoms with Gasteiger partial charge in [-0.25, -0.2) is 4.79 Å². The minimum absolute atomic E-state index is 0.209. The van der Waals surface area contributed by atoms with Gasteiger partial charge < -0.3 is 9.84 Å². The molecule has 0 radical (unpaired) electrons. The van der Waals surface area contributed by atoms with E-state index in [-0.39, 0.29) is 12.1 Å². The Hall–Kier alpha value is -1.35. The lowest BCUT2D eigenvalue weighted by atomic mass is 10.1. The third kappa shape index (κ3) is 14.6. The molecule has 0 aromatic heterocycles. The molecule has 0 aromatic carbocycles. The van der Waals surface area contributed by atoms with Crippen molar-refractivity contribution >= 4 is 5.97 Å². The molecule has 0 fully saturated rings. The normalized spacial score (nSPS) is 13.6. The SMILES string of the molecule is CCOC(=O)C=CC=CCCCC=CCC[C@H](C)O. The number of aliphatic hydroxyl groups is 1. The number of allylic oxidation sites excluding steroid dienone is 5. The van der Waals surface area contributed by atoms with E-state index in [0.717, 1.165) is 32.1 Å². The maximum atomic E-state index is 11.0. The summed E-state index contributed by atoms with van der Waals surface area (Å²) in [5, 5.41) is 9.07. The number of hydrogen-bond acceptors (Lipinski definition) is 3. The minimum Gasteiger partial charge on any atom is -0.463 e. The van der Waals surface area contributed by atoms with Crippen LogP contribution in [0.4, 0.5) is 0 Å². The zero-order valence-electron chi connectivity index (χ0n) is 12.0. The molecule has 3 heteroatoms. The van der Waals surface area contributed by atoms with Gasteiger partial charge in [0.2, 0.25) is 0 Å². The van der Waals surface area contributed by atoms with Crippen LogP contribution in [0.15, 0.2) is 36.5 Å². The minimum atomic E-state index is -0.298. The van der Waals surface area contributed by atoms with E-state index in [1.165, 1.54) is 6.08 Å². The zero-order valence-corrected chi connectivity index (χ0v) is 12.0. The van der Waals surface area contributed by atoms with E-state index in [4.69, 9.17) is 9.84 Å². The van der Waals surface area contributed by atoms with Crippen LogP contribution in [0.3, 0.4) is 0 Å². The summed E-state index contributed by atoms with van der Waals surface area (Å²) in [7, 11) is 0. The lowest BCUT2D eigenvalue weighted by Gasteiger charge is -1.98. The molecule has 3 nitrogen and oxygen atoms in total. The molecule has 108 valence electrons. The quantitative estimate of drug-likeness (QED) is 0.216. The number of unbranched alkanes of at least 4 members (excludes halogenated alkanes) is 2. The Bertz CT molecular complexity index is 301. The van der Waals surface area contributed by atoms with Crippen molar-refractivity contribution in [3.8, 4) is 0 Å². The molecule has 0 amide bonds. The molecule has 0 spiro atoms. The molecule has 1 atom stereocenters. The Morgan fingerprint density at radius 1 is 1.16 bits per heavy atom. The van der Waals surface area contributed by atoms with E-state index < -0.39 is 0 Å². The maximum Gasteiger partial charge on any atom is 0.330 e. The number of rotatable bonds is 10. The predicted octanol–water partition coefficient (Wildman–Crippen LogP) is 3.55. The molecule has 0 unspecified atom stereocenters. The van der Waals surface area contributed by atoms with Crippen LogP contribution >= 0.6 is 0 Å². The van der Waals surface area contributed by atoms with Gasteiger partial charge in [0, 0.05) is 6.08 Å². The van der Waals surface area contributed by atoms with Gasteiger partial charge >= 0.3 is 5.97 Å². The lowest BCUT2D eigenvalue weighted by molar-refractivity contribution is -0.137. The fourth-order valence-electron chi connectivity index (χ4n) is 1.43. The van der Waals surface area contributed by atoms with Crippen molar-refractivity contribution in [2.24, 2.45) is 0 Å². The van der Waals surface area contributed by atoms with Crippen molar-refractivity contribution in [1.82, 2.24) is 0 Å². The fraction of sp³-hybridized carbons (Fsp3) is 0.562. The van der Waals surface area contributed by atoms with E-state index in [0.29, 0.717) is 6.61 Å². The summed E-state index contributed by atoms with van der Waals surface area (Å²) in [4.78, 5) is 11.0. The molecule has 0 saturated carbocycles. The van der Waals surface area contributed by atoms with E-state index in [9.17, 15) is 4.79 Å². The summed E-state index contributed by atoms with van der Waals surface area (Å²) in [6.45, 7) is 4.01. The first-order valence-corrected chi connectivity index (χ1v) is 6.99. The van der Waals surface area contributed by atoms with Gasteiger partial charge in [-0.2, -0.15) is 0 Å². The third-order valence-corrected chi connectivity index (χ3v) is 2.43. The van der Waals surface area contributed by atoms with Gasteiger partial charge in [0.05, 0.1) is 12.7 Å². The molecule has 0 aliphatic carbocycles. The molecular weight excluding hydrogens is 240 g/mol. The predicted molar refractivity (Wildman–Crippen MR) is 78.8 cm³/mol. The molecule has 0 bridgehead atoms. The Kier molecular flexibility index (Phi) is 12.2. The van der Waals surface area contributed by atoms with E-state index >= 15 is 0 Å². The van der Waals surface area contributed by atoms with Gasteiger partial charge in [0.1, 0.15) is 0 Å². The first-order chi connectivity index (χ1) is 9.16. The second-order valence-corrected chi connectivity index (χ2v) is 4.37. The van der Waals surface area contributed by atoms with Crippen LogP contribution in [-0.4, -0.2) is 23.8 Å². The van der Waals surface area contributed by atoms with Gasteiger partial charge in [-0.05, 0) is 46.0 Å². The summed E-state index contributed by atoms with van der Waals surface area (Å²) in [5.74, 6) is -0.298. The monoisotopic (exact) mass is 266 g/mol. The van der Waals surface area contributed by atoms with Crippen LogP contribution in [0.5, 0.6) is 0 Å².